The van der Waals surface area contributed by atoms with Crippen LogP contribution in [0.5, 0.6) is 0 Å². The first kappa shape index (κ1) is 12.4. The van der Waals surface area contributed by atoms with Crippen LogP contribution in [0.25, 0.3) is 0 Å². The fourth-order valence-corrected chi connectivity index (χ4v) is 2.11. The van der Waals surface area contributed by atoms with Gasteiger partial charge in [0.05, 0.1) is 0 Å². The van der Waals surface area contributed by atoms with Crippen molar-refractivity contribution < 1.29 is 5.11 Å². The van der Waals surface area contributed by atoms with Gasteiger partial charge < -0.3 is 10.8 Å². The molecule has 0 saturated carbocycles. The van der Waals surface area contributed by atoms with Crippen LogP contribution in [0, 0.1) is 0 Å². The summed E-state index contributed by atoms with van der Waals surface area (Å²) in [4.78, 5) is 0. The fraction of sp³-hybridized carbons (Fsp3) is 0.0769. The van der Waals surface area contributed by atoms with Crippen LogP contribution in [0.15, 0.2) is 46.9 Å². The Labute approximate surface area is 113 Å². The van der Waals surface area contributed by atoms with E-state index in [9.17, 15) is 5.11 Å². The lowest BCUT2D eigenvalue weighted by atomic mass is 10.0. The smallest absolute Gasteiger partial charge is 0.106 e. The summed E-state index contributed by atoms with van der Waals surface area (Å²) in [5.41, 5.74) is 7.86. The zero-order chi connectivity index (χ0) is 12.4. The molecule has 2 rings (SSSR count). The minimum atomic E-state index is -0.746. The summed E-state index contributed by atoms with van der Waals surface area (Å²) in [6.45, 7) is 0. The van der Waals surface area contributed by atoms with Gasteiger partial charge in [-0.05, 0) is 35.9 Å². The van der Waals surface area contributed by atoms with Crippen molar-refractivity contribution in [2.45, 2.75) is 6.10 Å². The molecule has 0 amide bonds. The molecule has 2 aromatic carbocycles. The number of nitrogen functional groups attached to an aromatic ring is 1. The maximum atomic E-state index is 10.2. The SMILES string of the molecule is Nc1ccc(Br)cc1C(O)c1ccc(Cl)cc1. The Morgan fingerprint density at radius 3 is 2.41 bits per heavy atom. The van der Waals surface area contributed by atoms with E-state index in [4.69, 9.17) is 17.3 Å². The molecule has 0 heterocycles. The first-order valence-corrected chi connectivity index (χ1v) is 6.23. The number of nitrogens with two attached hydrogens (primary N) is 1. The van der Waals surface area contributed by atoms with Crippen molar-refractivity contribution in [3.8, 4) is 0 Å². The lowest BCUT2D eigenvalue weighted by Gasteiger charge is -2.14. The van der Waals surface area contributed by atoms with Crippen molar-refractivity contribution in [2.24, 2.45) is 0 Å². The first-order valence-electron chi connectivity index (χ1n) is 5.06. The standard InChI is InChI=1S/C13H11BrClNO/c14-9-3-6-12(16)11(7-9)13(17)8-1-4-10(15)5-2-8/h1-7,13,17H,16H2. The summed E-state index contributed by atoms with van der Waals surface area (Å²) in [7, 11) is 0. The van der Waals surface area contributed by atoms with E-state index in [0.717, 1.165) is 10.0 Å². The summed E-state index contributed by atoms with van der Waals surface area (Å²) < 4.78 is 0.884. The maximum Gasteiger partial charge on any atom is 0.106 e. The summed E-state index contributed by atoms with van der Waals surface area (Å²) in [6.07, 6.45) is -0.746. The Bertz CT molecular complexity index is 527. The Morgan fingerprint density at radius 1 is 1.12 bits per heavy atom. The van der Waals surface area contributed by atoms with E-state index >= 15 is 0 Å². The highest BCUT2D eigenvalue weighted by molar-refractivity contribution is 9.10. The van der Waals surface area contributed by atoms with Crippen molar-refractivity contribution in [2.75, 3.05) is 5.73 Å². The Balaban J connectivity index is 2.39. The molecule has 0 aliphatic carbocycles. The van der Waals surface area contributed by atoms with Crippen molar-refractivity contribution >= 4 is 33.2 Å². The number of aliphatic hydroxyl groups excluding tert-OH is 1. The van der Waals surface area contributed by atoms with Crippen LogP contribution >= 0.6 is 27.5 Å². The van der Waals surface area contributed by atoms with Crippen molar-refractivity contribution in [1.29, 1.82) is 0 Å². The Hall–Kier alpha value is -1.03. The van der Waals surface area contributed by atoms with Crippen LogP contribution in [0.1, 0.15) is 17.2 Å². The molecule has 0 aromatic heterocycles. The van der Waals surface area contributed by atoms with Gasteiger partial charge in [0.1, 0.15) is 6.10 Å². The number of halogens is 2. The molecule has 1 unspecified atom stereocenters. The number of anilines is 1. The molecule has 0 aliphatic rings. The topological polar surface area (TPSA) is 46.2 Å². The minimum absolute atomic E-state index is 0.565. The van der Waals surface area contributed by atoms with Crippen LogP contribution in [0.2, 0.25) is 5.02 Å². The van der Waals surface area contributed by atoms with E-state index in [0.29, 0.717) is 16.3 Å². The maximum absolute atomic E-state index is 10.2. The highest BCUT2D eigenvalue weighted by atomic mass is 79.9. The molecule has 0 bridgehead atoms. The molecule has 0 aliphatic heterocycles. The molecule has 0 saturated heterocycles. The lowest BCUT2D eigenvalue weighted by molar-refractivity contribution is 0.221. The van der Waals surface area contributed by atoms with Crippen molar-refractivity contribution in [3.63, 3.8) is 0 Å². The quantitative estimate of drug-likeness (QED) is 0.829. The average molecular weight is 313 g/mol. The van der Waals surface area contributed by atoms with Crippen molar-refractivity contribution in [3.05, 3.63) is 63.1 Å². The van der Waals surface area contributed by atoms with Gasteiger partial charge in [0.2, 0.25) is 0 Å². The van der Waals surface area contributed by atoms with Gasteiger partial charge in [0.25, 0.3) is 0 Å². The molecular formula is C13H11BrClNO. The van der Waals surface area contributed by atoms with Gasteiger partial charge >= 0.3 is 0 Å². The van der Waals surface area contributed by atoms with Gasteiger partial charge in [-0.2, -0.15) is 0 Å². The van der Waals surface area contributed by atoms with Gasteiger partial charge in [0, 0.05) is 20.7 Å². The number of rotatable bonds is 2. The van der Waals surface area contributed by atoms with E-state index in [1.807, 2.05) is 12.1 Å². The van der Waals surface area contributed by atoms with Crippen LogP contribution in [-0.4, -0.2) is 5.11 Å². The Morgan fingerprint density at radius 2 is 1.76 bits per heavy atom. The molecule has 4 heteroatoms. The second-order valence-corrected chi connectivity index (χ2v) is 5.08. The van der Waals surface area contributed by atoms with E-state index in [-0.39, 0.29) is 0 Å². The summed E-state index contributed by atoms with van der Waals surface area (Å²) in [5.74, 6) is 0. The fourth-order valence-electron chi connectivity index (χ4n) is 1.61. The number of benzene rings is 2. The molecule has 3 N–H and O–H groups in total. The largest absolute Gasteiger partial charge is 0.398 e. The number of aliphatic hydroxyl groups is 1. The molecule has 2 nitrogen and oxygen atoms in total. The summed E-state index contributed by atoms with van der Waals surface area (Å²) in [6, 6.07) is 12.5. The van der Waals surface area contributed by atoms with Gasteiger partial charge in [-0.3, -0.25) is 0 Å². The average Bonchev–Trinajstić information content (AvgIpc) is 2.32. The second-order valence-electron chi connectivity index (χ2n) is 3.73. The van der Waals surface area contributed by atoms with Crippen LogP contribution in [0.3, 0.4) is 0 Å². The predicted molar refractivity (Wildman–Crippen MR) is 74.1 cm³/mol. The van der Waals surface area contributed by atoms with Gasteiger partial charge in [-0.1, -0.05) is 39.7 Å². The van der Waals surface area contributed by atoms with Gasteiger partial charge in [0.15, 0.2) is 0 Å². The van der Waals surface area contributed by atoms with E-state index in [1.165, 1.54) is 0 Å². The third-order valence-electron chi connectivity index (χ3n) is 2.53. The predicted octanol–water partition coefficient (Wildman–Crippen LogP) is 3.77. The molecule has 88 valence electrons. The number of hydrogen-bond donors (Lipinski definition) is 2. The normalized spacial score (nSPS) is 12.4. The number of hydrogen-bond acceptors (Lipinski definition) is 2. The zero-order valence-corrected chi connectivity index (χ0v) is 11.2. The monoisotopic (exact) mass is 311 g/mol. The lowest BCUT2D eigenvalue weighted by Crippen LogP contribution is -2.03. The summed E-state index contributed by atoms with van der Waals surface area (Å²) >= 11 is 9.17. The molecule has 1 atom stereocenters. The van der Waals surface area contributed by atoms with Crippen LogP contribution in [0.4, 0.5) is 5.69 Å². The highest BCUT2D eigenvalue weighted by Crippen LogP contribution is 2.29. The second kappa shape index (κ2) is 5.08. The van der Waals surface area contributed by atoms with Gasteiger partial charge in [-0.15, -0.1) is 0 Å². The van der Waals surface area contributed by atoms with E-state index in [2.05, 4.69) is 15.9 Å². The zero-order valence-electron chi connectivity index (χ0n) is 8.90. The van der Waals surface area contributed by atoms with E-state index in [1.54, 1.807) is 30.3 Å². The first-order chi connectivity index (χ1) is 8.08. The molecule has 17 heavy (non-hydrogen) atoms. The minimum Gasteiger partial charge on any atom is -0.398 e. The Kier molecular flexibility index (Phi) is 3.72. The molecule has 0 radical (unpaired) electrons. The molecule has 0 fully saturated rings. The van der Waals surface area contributed by atoms with Crippen LogP contribution in [-0.2, 0) is 0 Å². The van der Waals surface area contributed by atoms with Gasteiger partial charge in [-0.25, -0.2) is 0 Å². The van der Waals surface area contributed by atoms with Crippen molar-refractivity contribution in [1.82, 2.24) is 0 Å². The summed E-state index contributed by atoms with van der Waals surface area (Å²) in [5, 5.41) is 10.9. The third kappa shape index (κ3) is 2.80. The van der Waals surface area contributed by atoms with Crippen LogP contribution < -0.4 is 5.73 Å². The molecular weight excluding hydrogens is 302 g/mol. The highest BCUT2D eigenvalue weighted by Gasteiger charge is 2.13. The van der Waals surface area contributed by atoms with E-state index < -0.39 is 6.10 Å². The third-order valence-corrected chi connectivity index (χ3v) is 3.27. The molecule has 0 spiro atoms. The molecule has 2 aromatic rings.